The maximum absolute atomic E-state index is 12.9. The molecule has 0 aromatic heterocycles. The third-order valence-electron chi connectivity index (χ3n) is 2.75. The first-order valence-corrected chi connectivity index (χ1v) is 5.98. The van der Waals surface area contributed by atoms with Gasteiger partial charge in [-0.25, -0.2) is 4.39 Å². The summed E-state index contributed by atoms with van der Waals surface area (Å²) in [5.41, 5.74) is 0.363. The number of ketones is 1. The summed E-state index contributed by atoms with van der Waals surface area (Å²) in [6, 6.07) is 5.81. The van der Waals surface area contributed by atoms with Crippen molar-refractivity contribution in [1.29, 1.82) is 0 Å². The van der Waals surface area contributed by atoms with E-state index in [1.54, 1.807) is 12.1 Å². The lowest BCUT2D eigenvalue weighted by Gasteiger charge is -2.25. The smallest absolute Gasteiger partial charge is 0.176 e. The van der Waals surface area contributed by atoms with E-state index in [1.807, 2.05) is 0 Å². The average molecular weight is 237 g/mol. The zero-order chi connectivity index (χ0) is 12.9. The maximum Gasteiger partial charge on any atom is 0.176 e. The number of carbonyl (C=O) groups excluding carboxylic acids is 1. The van der Waals surface area contributed by atoms with Crippen LogP contribution in [0.25, 0.3) is 0 Å². The number of hydrogen-bond acceptors (Lipinski definition) is 2. The first kappa shape index (κ1) is 13.8. The highest BCUT2D eigenvalue weighted by Crippen LogP contribution is 2.11. The summed E-state index contributed by atoms with van der Waals surface area (Å²) in [5.74, 6) is -0.447. The average Bonchev–Trinajstić information content (AvgIpc) is 2.26. The molecule has 3 heteroatoms. The van der Waals surface area contributed by atoms with Gasteiger partial charge < -0.3 is 5.32 Å². The van der Waals surface area contributed by atoms with E-state index in [9.17, 15) is 9.18 Å². The third-order valence-corrected chi connectivity index (χ3v) is 2.75. The van der Waals surface area contributed by atoms with Gasteiger partial charge in [-0.05, 0) is 32.4 Å². The largest absolute Gasteiger partial charge is 0.305 e. The molecule has 0 fully saturated rings. The van der Waals surface area contributed by atoms with Gasteiger partial charge in [0.05, 0.1) is 6.54 Å². The first-order valence-electron chi connectivity index (χ1n) is 5.98. The summed E-state index contributed by atoms with van der Waals surface area (Å²) < 4.78 is 12.9. The molecule has 0 amide bonds. The number of benzene rings is 1. The van der Waals surface area contributed by atoms with E-state index in [1.165, 1.54) is 12.1 Å². The van der Waals surface area contributed by atoms with Gasteiger partial charge in [0.1, 0.15) is 5.82 Å². The Balaban J connectivity index is 2.56. The van der Waals surface area contributed by atoms with Crippen LogP contribution in [0.3, 0.4) is 0 Å². The number of halogens is 1. The molecule has 0 atom stereocenters. The molecule has 0 spiro atoms. The van der Waals surface area contributed by atoms with E-state index in [-0.39, 0.29) is 23.7 Å². The molecule has 0 heterocycles. The van der Waals surface area contributed by atoms with Crippen molar-refractivity contribution < 1.29 is 9.18 Å². The van der Waals surface area contributed by atoms with Crippen LogP contribution >= 0.6 is 0 Å². The lowest BCUT2D eigenvalue weighted by molar-refractivity contribution is 0.0978. The molecule has 0 saturated carbocycles. The fraction of sp³-hybridized carbons (Fsp3) is 0.500. The molecule has 0 aliphatic carbocycles. The SMILES string of the molecule is CCCC(C)(C)NCC(=O)c1cccc(F)c1. The van der Waals surface area contributed by atoms with Crippen molar-refractivity contribution in [3.05, 3.63) is 35.6 Å². The molecule has 0 aliphatic rings. The summed E-state index contributed by atoms with van der Waals surface area (Å²) in [6.45, 7) is 6.49. The van der Waals surface area contributed by atoms with Gasteiger partial charge in [0.2, 0.25) is 0 Å². The van der Waals surface area contributed by atoms with Crippen LogP contribution in [-0.2, 0) is 0 Å². The van der Waals surface area contributed by atoms with Crippen molar-refractivity contribution in [2.24, 2.45) is 0 Å². The highest BCUT2D eigenvalue weighted by molar-refractivity contribution is 5.97. The number of nitrogens with one attached hydrogen (secondary N) is 1. The zero-order valence-corrected chi connectivity index (χ0v) is 10.7. The first-order chi connectivity index (χ1) is 7.94. The summed E-state index contributed by atoms with van der Waals surface area (Å²) in [4.78, 5) is 11.8. The van der Waals surface area contributed by atoms with E-state index in [0.717, 1.165) is 12.8 Å². The van der Waals surface area contributed by atoms with E-state index < -0.39 is 0 Å². The molecule has 0 aliphatic heterocycles. The van der Waals surface area contributed by atoms with Crippen LogP contribution < -0.4 is 5.32 Å². The Hall–Kier alpha value is -1.22. The summed E-state index contributed by atoms with van der Waals surface area (Å²) in [6.07, 6.45) is 2.07. The lowest BCUT2D eigenvalue weighted by Crippen LogP contribution is -2.42. The predicted molar refractivity (Wildman–Crippen MR) is 67.7 cm³/mol. The van der Waals surface area contributed by atoms with Crippen molar-refractivity contribution >= 4 is 5.78 Å². The maximum atomic E-state index is 12.9. The molecule has 1 aromatic rings. The molecular weight excluding hydrogens is 217 g/mol. The second kappa shape index (κ2) is 5.92. The van der Waals surface area contributed by atoms with Crippen LogP contribution in [0.15, 0.2) is 24.3 Å². The summed E-state index contributed by atoms with van der Waals surface area (Å²) in [5, 5.41) is 3.21. The monoisotopic (exact) mass is 237 g/mol. The molecule has 0 unspecified atom stereocenters. The van der Waals surface area contributed by atoms with Gasteiger partial charge in [-0.2, -0.15) is 0 Å². The minimum atomic E-state index is -0.372. The predicted octanol–water partition coefficient (Wildman–Crippen LogP) is 3.18. The number of hydrogen-bond donors (Lipinski definition) is 1. The third kappa shape index (κ3) is 4.65. The number of Topliss-reactive ketones (excluding diaryl/α,β-unsaturated/α-hetero) is 1. The Morgan fingerprint density at radius 1 is 1.41 bits per heavy atom. The minimum absolute atomic E-state index is 0.0578. The molecular formula is C14H20FNO. The van der Waals surface area contributed by atoms with E-state index in [0.29, 0.717) is 5.56 Å². The zero-order valence-electron chi connectivity index (χ0n) is 10.7. The van der Waals surface area contributed by atoms with Crippen molar-refractivity contribution in [2.75, 3.05) is 6.54 Å². The van der Waals surface area contributed by atoms with Crippen LogP contribution in [-0.4, -0.2) is 17.9 Å². The Morgan fingerprint density at radius 2 is 2.12 bits per heavy atom. The molecule has 1 aromatic carbocycles. The van der Waals surface area contributed by atoms with Gasteiger partial charge in [-0.1, -0.05) is 25.5 Å². The molecule has 0 radical (unpaired) electrons. The van der Waals surface area contributed by atoms with Crippen molar-refractivity contribution in [3.63, 3.8) is 0 Å². The van der Waals surface area contributed by atoms with Crippen LogP contribution in [0.2, 0.25) is 0 Å². The van der Waals surface area contributed by atoms with Gasteiger partial charge in [0.25, 0.3) is 0 Å². The Labute approximate surface area is 102 Å². The lowest BCUT2D eigenvalue weighted by atomic mass is 9.98. The van der Waals surface area contributed by atoms with Crippen molar-refractivity contribution in [2.45, 2.75) is 39.2 Å². The summed E-state index contributed by atoms with van der Waals surface area (Å²) in [7, 11) is 0. The van der Waals surface area contributed by atoms with Gasteiger partial charge in [0.15, 0.2) is 5.78 Å². The minimum Gasteiger partial charge on any atom is -0.305 e. The molecule has 1 N–H and O–H groups in total. The quantitative estimate of drug-likeness (QED) is 0.770. The fourth-order valence-corrected chi connectivity index (χ4v) is 1.80. The van der Waals surface area contributed by atoms with Crippen LogP contribution in [0.1, 0.15) is 44.0 Å². The van der Waals surface area contributed by atoms with Gasteiger partial charge >= 0.3 is 0 Å². The normalized spacial score (nSPS) is 11.5. The van der Waals surface area contributed by atoms with Crippen molar-refractivity contribution in [3.8, 4) is 0 Å². The van der Waals surface area contributed by atoms with E-state index in [2.05, 4.69) is 26.1 Å². The number of rotatable bonds is 6. The highest BCUT2D eigenvalue weighted by Gasteiger charge is 2.17. The van der Waals surface area contributed by atoms with Crippen LogP contribution in [0.4, 0.5) is 4.39 Å². The highest BCUT2D eigenvalue weighted by atomic mass is 19.1. The second-order valence-electron chi connectivity index (χ2n) is 4.92. The number of carbonyl (C=O) groups is 1. The molecule has 1 rings (SSSR count). The van der Waals surface area contributed by atoms with E-state index >= 15 is 0 Å². The second-order valence-corrected chi connectivity index (χ2v) is 4.92. The Kier molecular flexibility index (Phi) is 4.82. The molecule has 2 nitrogen and oxygen atoms in total. The van der Waals surface area contributed by atoms with Crippen molar-refractivity contribution in [1.82, 2.24) is 5.32 Å². The topological polar surface area (TPSA) is 29.1 Å². The van der Waals surface area contributed by atoms with Gasteiger partial charge in [-0.3, -0.25) is 4.79 Å². The van der Waals surface area contributed by atoms with Gasteiger partial charge in [-0.15, -0.1) is 0 Å². The Bertz CT molecular complexity index is 388. The molecule has 17 heavy (non-hydrogen) atoms. The van der Waals surface area contributed by atoms with Gasteiger partial charge in [0, 0.05) is 11.1 Å². The summed E-state index contributed by atoms with van der Waals surface area (Å²) >= 11 is 0. The Morgan fingerprint density at radius 3 is 2.71 bits per heavy atom. The fourth-order valence-electron chi connectivity index (χ4n) is 1.80. The van der Waals surface area contributed by atoms with Crippen LogP contribution in [0, 0.1) is 5.82 Å². The molecule has 0 bridgehead atoms. The molecule has 94 valence electrons. The van der Waals surface area contributed by atoms with E-state index in [4.69, 9.17) is 0 Å². The molecule has 0 saturated heterocycles. The standard InChI is InChI=1S/C14H20FNO/c1-4-8-14(2,3)16-10-13(17)11-6-5-7-12(15)9-11/h5-7,9,16H,4,8,10H2,1-3H3. The van der Waals surface area contributed by atoms with Crippen LogP contribution in [0.5, 0.6) is 0 Å².